The van der Waals surface area contributed by atoms with Crippen molar-refractivity contribution in [1.29, 1.82) is 10.5 Å². The molecular weight excluding hydrogens is 512 g/mol. The van der Waals surface area contributed by atoms with Gasteiger partial charge in [-0.25, -0.2) is 0 Å². The average molecular weight is 535 g/mol. The van der Waals surface area contributed by atoms with Crippen molar-refractivity contribution < 1.29 is 0 Å². The highest BCUT2D eigenvalue weighted by atomic mass is 15.0. The van der Waals surface area contributed by atoms with Gasteiger partial charge in [-0.15, -0.1) is 0 Å². The molecule has 0 amide bonds. The molecule has 2 aromatic heterocycles. The summed E-state index contributed by atoms with van der Waals surface area (Å²) in [5.74, 6) is 0. The molecule has 0 N–H and O–H groups in total. The van der Waals surface area contributed by atoms with E-state index in [9.17, 15) is 10.5 Å². The minimum Gasteiger partial charge on any atom is -0.309 e. The molecule has 8 aromatic rings. The Labute approximate surface area is 242 Å². The molecular formula is C38H22N4. The van der Waals surface area contributed by atoms with E-state index >= 15 is 0 Å². The van der Waals surface area contributed by atoms with Crippen LogP contribution in [0, 0.1) is 22.7 Å². The van der Waals surface area contributed by atoms with Crippen LogP contribution in [0.25, 0.3) is 66.1 Å². The lowest BCUT2D eigenvalue weighted by molar-refractivity contribution is 1.16. The SMILES string of the molecule is N#Cc1ccc2c(c1)c1ccccc1n2-c1ccc(-c2cccc(C#N)c2-n2c3ccccc3c3ccccc32)cc1. The van der Waals surface area contributed by atoms with E-state index in [4.69, 9.17) is 0 Å². The van der Waals surface area contributed by atoms with Crippen LogP contribution in [0.5, 0.6) is 0 Å². The molecule has 0 radical (unpaired) electrons. The van der Waals surface area contributed by atoms with Crippen molar-refractivity contribution in [2.24, 2.45) is 0 Å². The number of nitriles is 2. The summed E-state index contributed by atoms with van der Waals surface area (Å²) in [5, 5.41) is 24.2. The van der Waals surface area contributed by atoms with Gasteiger partial charge in [0, 0.05) is 32.8 Å². The van der Waals surface area contributed by atoms with Crippen LogP contribution in [0.3, 0.4) is 0 Å². The first kappa shape index (κ1) is 23.8. The van der Waals surface area contributed by atoms with Crippen LogP contribution in [-0.2, 0) is 0 Å². The fourth-order valence-electron chi connectivity index (χ4n) is 6.38. The number of aromatic nitrogens is 2. The van der Waals surface area contributed by atoms with E-state index in [1.165, 1.54) is 0 Å². The zero-order chi connectivity index (χ0) is 28.2. The predicted molar refractivity (Wildman–Crippen MR) is 170 cm³/mol. The molecule has 194 valence electrons. The third-order valence-electron chi connectivity index (χ3n) is 8.20. The van der Waals surface area contributed by atoms with E-state index in [-0.39, 0.29) is 0 Å². The second-order valence-corrected chi connectivity index (χ2v) is 10.4. The van der Waals surface area contributed by atoms with Crippen LogP contribution in [-0.4, -0.2) is 9.13 Å². The summed E-state index contributed by atoms with van der Waals surface area (Å²) in [5.41, 5.74) is 9.49. The maximum Gasteiger partial charge on any atom is 0.101 e. The summed E-state index contributed by atoms with van der Waals surface area (Å²) in [4.78, 5) is 0. The van der Waals surface area contributed by atoms with E-state index in [1.54, 1.807) is 0 Å². The molecule has 4 nitrogen and oxygen atoms in total. The van der Waals surface area contributed by atoms with Crippen LogP contribution in [0.4, 0.5) is 0 Å². The highest BCUT2D eigenvalue weighted by molar-refractivity contribution is 6.11. The van der Waals surface area contributed by atoms with E-state index in [2.05, 4.69) is 100 Å². The number of hydrogen-bond donors (Lipinski definition) is 0. The Hall–Kier alpha value is -6.10. The Morgan fingerprint density at radius 1 is 0.452 bits per heavy atom. The summed E-state index contributed by atoms with van der Waals surface area (Å²) in [6.45, 7) is 0. The van der Waals surface area contributed by atoms with Crippen molar-refractivity contribution in [1.82, 2.24) is 9.13 Å². The smallest absolute Gasteiger partial charge is 0.101 e. The minimum atomic E-state index is 0.624. The zero-order valence-electron chi connectivity index (χ0n) is 22.5. The van der Waals surface area contributed by atoms with Gasteiger partial charge in [0.05, 0.1) is 45.0 Å². The standard InChI is InChI=1S/C38H22N4/c39-23-25-16-21-37-33(22-25)32-11-3-4-13-34(32)41(37)28-19-17-26(18-20-28)29-12-7-8-27(24-40)38(29)42-35-14-5-1-9-30(35)31-10-2-6-15-36(31)42/h1-22H. The molecule has 0 fully saturated rings. The lowest BCUT2D eigenvalue weighted by Crippen LogP contribution is -2.01. The molecule has 0 saturated heterocycles. The summed E-state index contributed by atoms with van der Waals surface area (Å²) < 4.78 is 4.47. The molecule has 0 spiro atoms. The van der Waals surface area contributed by atoms with Gasteiger partial charge in [0.15, 0.2) is 0 Å². The van der Waals surface area contributed by atoms with Gasteiger partial charge in [-0.05, 0) is 60.2 Å². The topological polar surface area (TPSA) is 57.4 Å². The molecule has 6 aromatic carbocycles. The lowest BCUT2D eigenvalue weighted by Gasteiger charge is -2.16. The van der Waals surface area contributed by atoms with E-state index < -0.39 is 0 Å². The van der Waals surface area contributed by atoms with Gasteiger partial charge in [-0.2, -0.15) is 10.5 Å². The second-order valence-electron chi connectivity index (χ2n) is 10.4. The number of nitrogens with zero attached hydrogens (tertiary/aromatic N) is 4. The van der Waals surface area contributed by atoms with Gasteiger partial charge in [0.2, 0.25) is 0 Å². The highest BCUT2D eigenvalue weighted by Gasteiger charge is 2.19. The summed E-state index contributed by atoms with van der Waals surface area (Å²) in [6, 6.07) is 50.1. The molecule has 2 heterocycles. The third-order valence-corrected chi connectivity index (χ3v) is 8.20. The maximum atomic E-state index is 10.3. The quantitative estimate of drug-likeness (QED) is 0.227. The van der Waals surface area contributed by atoms with E-state index in [1.807, 2.05) is 54.6 Å². The molecule has 8 rings (SSSR count). The van der Waals surface area contributed by atoms with Gasteiger partial charge < -0.3 is 9.13 Å². The van der Waals surface area contributed by atoms with E-state index in [0.717, 1.165) is 66.1 Å². The predicted octanol–water partition coefficient (Wildman–Crippen LogP) is 9.29. The average Bonchev–Trinajstić information content (AvgIpc) is 3.57. The Morgan fingerprint density at radius 3 is 1.64 bits per heavy atom. The van der Waals surface area contributed by atoms with Gasteiger partial charge in [0.25, 0.3) is 0 Å². The van der Waals surface area contributed by atoms with Crippen molar-refractivity contribution in [3.8, 4) is 34.6 Å². The van der Waals surface area contributed by atoms with Crippen LogP contribution in [0.1, 0.15) is 11.1 Å². The molecule has 0 unspecified atom stereocenters. The Morgan fingerprint density at radius 2 is 1.02 bits per heavy atom. The van der Waals surface area contributed by atoms with Crippen LogP contribution >= 0.6 is 0 Å². The molecule has 0 bridgehead atoms. The summed E-state index contributed by atoms with van der Waals surface area (Å²) >= 11 is 0. The number of hydrogen-bond acceptors (Lipinski definition) is 2. The monoisotopic (exact) mass is 534 g/mol. The third kappa shape index (κ3) is 3.40. The van der Waals surface area contributed by atoms with Crippen LogP contribution in [0.2, 0.25) is 0 Å². The molecule has 0 atom stereocenters. The molecule has 0 aliphatic rings. The van der Waals surface area contributed by atoms with Crippen molar-refractivity contribution in [2.45, 2.75) is 0 Å². The van der Waals surface area contributed by atoms with Gasteiger partial charge >= 0.3 is 0 Å². The normalized spacial score (nSPS) is 11.3. The Bertz CT molecular complexity index is 2370. The molecule has 4 heteroatoms. The molecule has 42 heavy (non-hydrogen) atoms. The van der Waals surface area contributed by atoms with Gasteiger partial charge in [-0.1, -0.05) is 78.9 Å². The van der Waals surface area contributed by atoms with Gasteiger partial charge in [-0.3, -0.25) is 0 Å². The second kappa shape index (κ2) is 9.24. The fraction of sp³-hybridized carbons (Fsp3) is 0. The largest absolute Gasteiger partial charge is 0.309 e. The van der Waals surface area contributed by atoms with Crippen molar-refractivity contribution in [2.75, 3.05) is 0 Å². The van der Waals surface area contributed by atoms with E-state index in [0.29, 0.717) is 11.1 Å². The fourth-order valence-corrected chi connectivity index (χ4v) is 6.38. The first-order chi connectivity index (χ1) is 20.8. The highest BCUT2D eigenvalue weighted by Crippen LogP contribution is 2.38. The van der Waals surface area contributed by atoms with Crippen LogP contribution in [0.15, 0.2) is 133 Å². The number of rotatable bonds is 3. The number of benzene rings is 6. The van der Waals surface area contributed by atoms with Crippen LogP contribution < -0.4 is 0 Å². The van der Waals surface area contributed by atoms with Crippen molar-refractivity contribution in [3.63, 3.8) is 0 Å². The summed E-state index contributed by atoms with van der Waals surface area (Å²) in [6.07, 6.45) is 0. The first-order valence-corrected chi connectivity index (χ1v) is 13.8. The van der Waals surface area contributed by atoms with Gasteiger partial charge in [0.1, 0.15) is 6.07 Å². The minimum absolute atomic E-state index is 0.624. The lowest BCUT2D eigenvalue weighted by atomic mass is 9.99. The molecule has 0 aliphatic heterocycles. The van der Waals surface area contributed by atoms with Crippen molar-refractivity contribution in [3.05, 3.63) is 145 Å². The zero-order valence-corrected chi connectivity index (χ0v) is 22.5. The maximum absolute atomic E-state index is 10.3. The summed E-state index contributed by atoms with van der Waals surface area (Å²) in [7, 11) is 0. The molecule has 0 aliphatic carbocycles. The number of para-hydroxylation sites is 4. The Balaban J connectivity index is 1.35. The Kier molecular flexibility index (Phi) is 5.22. The first-order valence-electron chi connectivity index (χ1n) is 13.8. The van der Waals surface area contributed by atoms with Crippen molar-refractivity contribution >= 4 is 43.6 Å². The number of fused-ring (bicyclic) bond motifs is 6. The molecule has 0 saturated carbocycles.